The molecule has 5 heteroatoms. The number of nitrogens with zero attached hydrogens (tertiary/aromatic N) is 2. The number of aromatic amines is 1. The summed E-state index contributed by atoms with van der Waals surface area (Å²) in [5, 5.41) is 0. The molecule has 0 aliphatic carbocycles. The summed E-state index contributed by atoms with van der Waals surface area (Å²) in [5.41, 5.74) is 1.30. The summed E-state index contributed by atoms with van der Waals surface area (Å²) in [7, 11) is 2.17. The summed E-state index contributed by atoms with van der Waals surface area (Å²) in [5.74, 6) is 0.00139. The van der Waals surface area contributed by atoms with Gasteiger partial charge in [0.25, 0.3) is 5.91 Å². The lowest BCUT2D eigenvalue weighted by Gasteiger charge is -2.47. The number of pyridine rings is 1. The van der Waals surface area contributed by atoms with Gasteiger partial charge in [0.1, 0.15) is 0 Å². The molecule has 0 aromatic carbocycles. The molecule has 1 spiro atoms. The molecule has 3 heterocycles. The van der Waals surface area contributed by atoms with Gasteiger partial charge in [-0.3, -0.25) is 9.59 Å². The minimum absolute atomic E-state index is 0.00139. The molecule has 1 aromatic rings. The topological polar surface area (TPSA) is 56.4 Å². The van der Waals surface area contributed by atoms with Crippen molar-refractivity contribution in [3.63, 3.8) is 0 Å². The molecule has 1 atom stereocenters. The Morgan fingerprint density at radius 3 is 2.59 bits per heavy atom. The number of likely N-dealkylation sites (tertiary alicyclic amines) is 2. The number of hydrogen-bond acceptors (Lipinski definition) is 3. The molecule has 120 valence electrons. The van der Waals surface area contributed by atoms with Crippen molar-refractivity contribution in [2.24, 2.45) is 5.41 Å². The van der Waals surface area contributed by atoms with Gasteiger partial charge in [0.2, 0.25) is 5.56 Å². The predicted octanol–water partition coefficient (Wildman–Crippen LogP) is 1.63. The molecule has 2 saturated heterocycles. The number of amides is 1. The van der Waals surface area contributed by atoms with E-state index in [-0.39, 0.29) is 16.9 Å². The number of rotatable bonds is 1. The molecule has 3 rings (SSSR count). The SMILES string of the molecule is Cc1cc(C(=O)N2CCC[C@]3(CCCN(C)C3)C2)cc(=O)[nH]1. The Hall–Kier alpha value is -1.62. The van der Waals surface area contributed by atoms with Crippen molar-refractivity contribution in [3.05, 3.63) is 33.7 Å². The van der Waals surface area contributed by atoms with E-state index in [0.29, 0.717) is 5.56 Å². The average Bonchev–Trinajstić information content (AvgIpc) is 2.45. The fourth-order valence-corrected chi connectivity index (χ4v) is 4.16. The smallest absolute Gasteiger partial charge is 0.254 e. The molecule has 5 nitrogen and oxygen atoms in total. The third-order valence-electron chi connectivity index (χ3n) is 5.03. The van der Waals surface area contributed by atoms with Gasteiger partial charge < -0.3 is 14.8 Å². The third kappa shape index (κ3) is 3.09. The van der Waals surface area contributed by atoms with Gasteiger partial charge in [-0.1, -0.05) is 0 Å². The fourth-order valence-electron chi connectivity index (χ4n) is 4.16. The second kappa shape index (κ2) is 5.88. The maximum absolute atomic E-state index is 12.8. The van der Waals surface area contributed by atoms with E-state index >= 15 is 0 Å². The zero-order valence-electron chi connectivity index (χ0n) is 13.5. The second-order valence-corrected chi connectivity index (χ2v) is 7.09. The van der Waals surface area contributed by atoms with E-state index in [4.69, 9.17) is 0 Å². The maximum atomic E-state index is 12.8. The molecule has 0 saturated carbocycles. The number of aromatic nitrogens is 1. The van der Waals surface area contributed by atoms with Crippen LogP contribution in [0.3, 0.4) is 0 Å². The molecular weight excluding hydrogens is 278 g/mol. The summed E-state index contributed by atoms with van der Waals surface area (Å²) in [6.45, 7) is 5.66. The molecule has 0 bridgehead atoms. The van der Waals surface area contributed by atoms with E-state index in [2.05, 4.69) is 16.9 Å². The quantitative estimate of drug-likeness (QED) is 0.858. The van der Waals surface area contributed by atoms with Crippen LogP contribution < -0.4 is 5.56 Å². The largest absolute Gasteiger partial charge is 0.338 e. The molecule has 1 amide bonds. The Balaban J connectivity index is 1.79. The monoisotopic (exact) mass is 303 g/mol. The van der Waals surface area contributed by atoms with Crippen LogP contribution in [-0.4, -0.2) is 53.9 Å². The van der Waals surface area contributed by atoms with E-state index in [9.17, 15) is 9.59 Å². The Labute approximate surface area is 131 Å². The highest BCUT2D eigenvalue weighted by atomic mass is 16.2. The molecule has 1 N–H and O–H groups in total. The number of carbonyl (C=O) groups excluding carboxylic acids is 1. The molecule has 2 aliphatic rings. The van der Waals surface area contributed by atoms with Crippen molar-refractivity contribution in [3.8, 4) is 0 Å². The van der Waals surface area contributed by atoms with Crippen molar-refractivity contribution < 1.29 is 4.79 Å². The van der Waals surface area contributed by atoms with E-state index in [1.165, 1.54) is 25.3 Å². The number of nitrogens with one attached hydrogen (secondary N) is 1. The van der Waals surface area contributed by atoms with Crippen LogP contribution in [0.25, 0.3) is 0 Å². The van der Waals surface area contributed by atoms with E-state index in [0.717, 1.165) is 38.3 Å². The zero-order chi connectivity index (χ0) is 15.7. The van der Waals surface area contributed by atoms with E-state index < -0.39 is 0 Å². The van der Waals surface area contributed by atoms with Gasteiger partial charge in [0.15, 0.2) is 0 Å². The van der Waals surface area contributed by atoms with Crippen LogP contribution >= 0.6 is 0 Å². The average molecular weight is 303 g/mol. The molecule has 0 unspecified atom stereocenters. The number of hydrogen-bond donors (Lipinski definition) is 1. The Morgan fingerprint density at radius 1 is 1.18 bits per heavy atom. The molecule has 2 aliphatic heterocycles. The summed E-state index contributed by atoms with van der Waals surface area (Å²) in [6.07, 6.45) is 4.68. The van der Waals surface area contributed by atoms with Crippen LogP contribution in [0, 0.1) is 12.3 Å². The molecule has 0 radical (unpaired) electrons. The van der Waals surface area contributed by atoms with Gasteiger partial charge in [-0.25, -0.2) is 0 Å². The van der Waals surface area contributed by atoms with Gasteiger partial charge in [0.05, 0.1) is 0 Å². The maximum Gasteiger partial charge on any atom is 0.254 e. The first-order chi connectivity index (χ1) is 10.5. The minimum atomic E-state index is -0.201. The van der Waals surface area contributed by atoms with E-state index in [1.54, 1.807) is 6.07 Å². The Morgan fingerprint density at radius 2 is 1.91 bits per heavy atom. The zero-order valence-corrected chi connectivity index (χ0v) is 13.5. The summed E-state index contributed by atoms with van der Waals surface area (Å²) in [4.78, 5) is 31.4. The van der Waals surface area contributed by atoms with Crippen LogP contribution in [0.5, 0.6) is 0 Å². The molecular formula is C17H25N3O2. The highest BCUT2D eigenvalue weighted by Crippen LogP contribution is 2.38. The highest BCUT2D eigenvalue weighted by molar-refractivity contribution is 5.94. The Bertz CT molecular complexity index is 621. The van der Waals surface area contributed by atoms with Crippen LogP contribution in [-0.2, 0) is 0 Å². The van der Waals surface area contributed by atoms with E-state index in [1.807, 2.05) is 11.8 Å². The number of aryl methyl sites for hydroxylation is 1. The minimum Gasteiger partial charge on any atom is -0.338 e. The van der Waals surface area contributed by atoms with Gasteiger partial charge in [-0.05, 0) is 52.3 Å². The second-order valence-electron chi connectivity index (χ2n) is 7.09. The van der Waals surface area contributed by atoms with Crippen LogP contribution in [0.15, 0.2) is 16.9 Å². The number of carbonyl (C=O) groups is 1. The lowest BCUT2D eigenvalue weighted by Crippen LogP contribution is -2.52. The van der Waals surface area contributed by atoms with Gasteiger partial charge >= 0.3 is 0 Å². The van der Waals surface area contributed by atoms with Crippen molar-refractivity contribution in [1.29, 1.82) is 0 Å². The highest BCUT2D eigenvalue weighted by Gasteiger charge is 2.39. The Kier molecular flexibility index (Phi) is 4.08. The molecule has 2 fully saturated rings. The predicted molar refractivity (Wildman–Crippen MR) is 86.1 cm³/mol. The first-order valence-electron chi connectivity index (χ1n) is 8.16. The molecule has 22 heavy (non-hydrogen) atoms. The van der Waals surface area contributed by atoms with Crippen LogP contribution in [0.1, 0.15) is 41.7 Å². The summed E-state index contributed by atoms with van der Waals surface area (Å²) in [6, 6.07) is 3.20. The lowest BCUT2D eigenvalue weighted by atomic mass is 9.74. The molecule has 1 aromatic heterocycles. The van der Waals surface area contributed by atoms with Crippen LogP contribution in [0.2, 0.25) is 0 Å². The van der Waals surface area contributed by atoms with Gasteiger partial charge in [-0.2, -0.15) is 0 Å². The lowest BCUT2D eigenvalue weighted by molar-refractivity contribution is 0.0206. The summed E-state index contributed by atoms with van der Waals surface area (Å²) >= 11 is 0. The fraction of sp³-hybridized carbons (Fsp3) is 0.647. The van der Waals surface area contributed by atoms with Crippen molar-refractivity contribution in [2.75, 3.05) is 33.2 Å². The van der Waals surface area contributed by atoms with Gasteiger partial charge in [-0.15, -0.1) is 0 Å². The van der Waals surface area contributed by atoms with Gasteiger partial charge in [0, 0.05) is 42.4 Å². The third-order valence-corrected chi connectivity index (χ3v) is 5.03. The van der Waals surface area contributed by atoms with Crippen molar-refractivity contribution >= 4 is 5.91 Å². The normalized spacial score (nSPS) is 26.4. The van der Waals surface area contributed by atoms with Crippen molar-refractivity contribution in [2.45, 2.75) is 32.6 Å². The first-order valence-corrected chi connectivity index (χ1v) is 8.16. The summed E-state index contributed by atoms with van der Waals surface area (Å²) < 4.78 is 0. The standard InChI is InChI=1S/C17H25N3O2/c1-13-9-14(10-15(21)18-13)16(22)20-8-4-6-17(12-20)5-3-7-19(2)11-17/h9-10H,3-8,11-12H2,1-2H3,(H,18,21)/t17-/m0/s1. The first kappa shape index (κ1) is 15.3. The number of piperidine rings is 2. The van der Waals surface area contributed by atoms with Crippen molar-refractivity contribution in [1.82, 2.24) is 14.8 Å². The van der Waals surface area contributed by atoms with Crippen LogP contribution in [0.4, 0.5) is 0 Å². The number of H-pyrrole nitrogens is 1.